The van der Waals surface area contributed by atoms with Crippen LogP contribution in [0, 0.1) is 0 Å². The normalized spacial score (nSPS) is 13.9. The highest BCUT2D eigenvalue weighted by molar-refractivity contribution is 7.99. The fraction of sp³-hybridized carbons (Fsp3) is 0.182. The van der Waals surface area contributed by atoms with Crippen LogP contribution in [0.25, 0.3) is 10.9 Å². The molecule has 1 aromatic carbocycles. The van der Waals surface area contributed by atoms with E-state index in [2.05, 4.69) is 4.98 Å². The van der Waals surface area contributed by atoms with Crippen LogP contribution in [0.2, 0.25) is 0 Å². The molecule has 2 heterocycles. The molecular weight excluding hydrogens is 240 g/mol. The summed E-state index contributed by atoms with van der Waals surface area (Å²) in [6.07, 6.45) is 0. The van der Waals surface area contributed by atoms with Crippen LogP contribution in [0.3, 0.4) is 0 Å². The van der Waals surface area contributed by atoms with Crippen LogP contribution in [0.15, 0.2) is 28.2 Å². The number of carboxylic acid groups (broad SMARTS) is 1. The Hall–Kier alpha value is -1.82. The van der Waals surface area contributed by atoms with Gasteiger partial charge in [-0.05, 0) is 18.2 Å². The van der Waals surface area contributed by atoms with Gasteiger partial charge < -0.3 is 5.11 Å². The van der Waals surface area contributed by atoms with E-state index in [4.69, 9.17) is 5.11 Å². The van der Waals surface area contributed by atoms with E-state index >= 15 is 0 Å². The van der Waals surface area contributed by atoms with E-state index in [9.17, 15) is 9.59 Å². The van der Waals surface area contributed by atoms with Crippen molar-refractivity contribution in [2.45, 2.75) is 11.7 Å². The number of carboxylic acids is 1. The molecule has 1 aliphatic heterocycles. The summed E-state index contributed by atoms with van der Waals surface area (Å²) in [6.45, 7) is 0.669. The maximum Gasteiger partial charge on any atom is 0.335 e. The van der Waals surface area contributed by atoms with Crippen molar-refractivity contribution in [3.63, 3.8) is 0 Å². The molecule has 0 bridgehead atoms. The lowest BCUT2D eigenvalue weighted by atomic mass is 10.1. The minimum atomic E-state index is -1.01. The third-order valence-corrected chi connectivity index (χ3v) is 3.67. The fourth-order valence-corrected chi connectivity index (χ4v) is 2.82. The number of benzene rings is 1. The molecule has 0 spiro atoms. The van der Waals surface area contributed by atoms with Crippen molar-refractivity contribution < 1.29 is 9.90 Å². The largest absolute Gasteiger partial charge is 0.478 e. The third-order valence-electron chi connectivity index (χ3n) is 2.71. The van der Waals surface area contributed by atoms with Crippen LogP contribution in [-0.4, -0.2) is 26.4 Å². The third kappa shape index (κ3) is 1.52. The van der Waals surface area contributed by atoms with E-state index < -0.39 is 5.97 Å². The summed E-state index contributed by atoms with van der Waals surface area (Å²) in [4.78, 5) is 27.2. The first kappa shape index (κ1) is 10.3. The molecular formula is C11H8N2O3S. The molecule has 1 N–H and O–H groups in total. The molecule has 6 heteroatoms. The van der Waals surface area contributed by atoms with E-state index in [1.165, 1.54) is 30.0 Å². The second-order valence-electron chi connectivity index (χ2n) is 3.74. The maximum atomic E-state index is 12.1. The Labute approximate surface area is 100 Å². The first-order valence-electron chi connectivity index (χ1n) is 5.07. The number of carbonyl (C=O) groups is 1. The predicted molar refractivity (Wildman–Crippen MR) is 63.7 cm³/mol. The van der Waals surface area contributed by atoms with Crippen molar-refractivity contribution in [1.29, 1.82) is 0 Å². The molecule has 1 aromatic heterocycles. The van der Waals surface area contributed by atoms with Gasteiger partial charge in [0.1, 0.15) is 0 Å². The molecule has 0 fully saturated rings. The minimum absolute atomic E-state index is 0.0908. The topological polar surface area (TPSA) is 72.2 Å². The van der Waals surface area contributed by atoms with Crippen LogP contribution in [0.5, 0.6) is 0 Å². The van der Waals surface area contributed by atoms with Gasteiger partial charge in [0, 0.05) is 12.3 Å². The summed E-state index contributed by atoms with van der Waals surface area (Å²) >= 11 is 1.52. The summed E-state index contributed by atoms with van der Waals surface area (Å²) in [5.74, 6) is -0.174. The van der Waals surface area contributed by atoms with Crippen molar-refractivity contribution in [3.05, 3.63) is 34.1 Å². The highest BCUT2D eigenvalue weighted by Gasteiger charge is 2.17. The maximum absolute atomic E-state index is 12.1. The lowest BCUT2D eigenvalue weighted by Crippen LogP contribution is -2.20. The van der Waals surface area contributed by atoms with E-state index in [-0.39, 0.29) is 11.1 Å². The second kappa shape index (κ2) is 3.59. The lowest BCUT2D eigenvalue weighted by molar-refractivity contribution is 0.0697. The van der Waals surface area contributed by atoms with Crippen molar-refractivity contribution in [3.8, 4) is 0 Å². The summed E-state index contributed by atoms with van der Waals surface area (Å²) in [5.41, 5.74) is 0.514. The molecule has 0 saturated carbocycles. The van der Waals surface area contributed by atoms with Gasteiger partial charge in [0.25, 0.3) is 5.56 Å². The SMILES string of the molecule is O=C(O)c1ccc2c(=O)n3c(nc2c1)SCC3. The number of aromatic carboxylic acids is 1. The van der Waals surface area contributed by atoms with Crippen LogP contribution in [0.1, 0.15) is 10.4 Å². The Bertz CT molecular complexity index is 693. The van der Waals surface area contributed by atoms with Crippen LogP contribution in [0.4, 0.5) is 0 Å². The van der Waals surface area contributed by atoms with Gasteiger partial charge in [-0.1, -0.05) is 11.8 Å². The van der Waals surface area contributed by atoms with Gasteiger partial charge in [0.15, 0.2) is 5.16 Å². The molecule has 5 nitrogen and oxygen atoms in total. The van der Waals surface area contributed by atoms with Gasteiger partial charge in [-0.25, -0.2) is 9.78 Å². The molecule has 86 valence electrons. The number of aromatic nitrogens is 2. The van der Waals surface area contributed by atoms with Crippen molar-refractivity contribution in [2.75, 3.05) is 5.75 Å². The molecule has 3 rings (SSSR count). The molecule has 2 aromatic rings. The first-order chi connectivity index (χ1) is 8.16. The summed E-state index contributed by atoms with van der Waals surface area (Å²) in [5, 5.41) is 10.0. The van der Waals surface area contributed by atoms with Gasteiger partial charge >= 0.3 is 5.97 Å². The summed E-state index contributed by atoms with van der Waals surface area (Å²) in [6, 6.07) is 4.41. The molecule has 0 radical (unpaired) electrons. The highest BCUT2D eigenvalue weighted by Crippen LogP contribution is 2.23. The van der Waals surface area contributed by atoms with E-state index in [0.29, 0.717) is 22.6 Å². The standard InChI is InChI=1S/C11H8N2O3S/c14-9-7-2-1-6(10(15)16)5-8(7)12-11-13(9)3-4-17-11/h1-2,5H,3-4H2,(H,15,16). The smallest absolute Gasteiger partial charge is 0.335 e. The monoisotopic (exact) mass is 248 g/mol. The quantitative estimate of drug-likeness (QED) is 0.768. The van der Waals surface area contributed by atoms with Gasteiger partial charge in [-0.3, -0.25) is 9.36 Å². The second-order valence-corrected chi connectivity index (χ2v) is 4.80. The predicted octanol–water partition coefficient (Wildman–Crippen LogP) is 1.20. The van der Waals surface area contributed by atoms with Crippen LogP contribution >= 0.6 is 11.8 Å². The Balaban J connectivity index is 2.36. The zero-order valence-electron chi connectivity index (χ0n) is 8.71. The number of hydrogen-bond donors (Lipinski definition) is 1. The number of hydrogen-bond acceptors (Lipinski definition) is 4. The summed E-state index contributed by atoms with van der Waals surface area (Å²) in [7, 11) is 0. The molecule has 0 atom stereocenters. The molecule has 1 aliphatic rings. The average Bonchev–Trinajstić information content (AvgIpc) is 2.77. The number of thioether (sulfide) groups is 1. The van der Waals surface area contributed by atoms with Crippen molar-refractivity contribution in [2.24, 2.45) is 0 Å². The van der Waals surface area contributed by atoms with E-state index in [1.807, 2.05) is 0 Å². The van der Waals surface area contributed by atoms with Gasteiger partial charge in [-0.15, -0.1) is 0 Å². The Morgan fingerprint density at radius 1 is 1.47 bits per heavy atom. The van der Waals surface area contributed by atoms with Gasteiger partial charge in [0.05, 0.1) is 16.5 Å². The number of fused-ring (bicyclic) bond motifs is 2. The highest BCUT2D eigenvalue weighted by atomic mass is 32.2. The van der Waals surface area contributed by atoms with Crippen molar-refractivity contribution in [1.82, 2.24) is 9.55 Å². The Morgan fingerprint density at radius 3 is 3.06 bits per heavy atom. The fourth-order valence-electron chi connectivity index (χ4n) is 1.87. The van der Waals surface area contributed by atoms with Crippen LogP contribution in [-0.2, 0) is 6.54 Å². The molecule has 0 unspecified atom stereocenters. The van der Waals surface area contributed by atoms with Gasteiger partial charge in [0.2, 0.25) is 0 Å². The molecule has 0 saturated heterocycles. The van der Waals surface area contributed by atoms with Crippen molar-refractivity contribution >= 4 is 28.6 Å². The summed E-state index contributed by atoms with van der Waals surface area (Å²) < 4.78 is 1.63. The lowest BCUT2D eigenvalue weighted by Gasteiger charge is -2.04. The number of nitrogens with zero attached hydrogens (tertiary/aromatic N) is 2. The first-order valence-corrected chi connectivity index (χ1v) is 6.06. The average molecular weight is 248 g/mol. The Kier molecular flexibility index (Phi) is 2.19. The molecule has 0 aliphatic carbocycles. The zero-order valence-corrected chi connectivity index (χ0v) is 9.53. The number of rotatable bonds is 1. The Morgan fingerprint density at radius 2 is 2.29 bits per heavy atom. The molecule has 17 heavy (non-hydrogen) atoms. The van der Waals surface area contributed by atoms with Gasteiger partial charge in [-0.2, -0.15) is 0 Å². The zero-order chi connectivity index (χ0) is 12.0. The van der Waals surface area contributed by atoms with E-state index in [0.717, 1.165) is 5.75 Å². The van der Waals surface area contributed by atoms with E-state index in [1.54, 1.807) is 4.57 Å². The van der Waals surface area contributed by atoms with Crippen LogP contribution < -0.4 is 5.56 Å². The molecule has 0 amide bonds. The minimum Gasteiger partial charge on any atom is -0.478 e.